The summed E-state index contributed by atoms with van der Waals surface area (Å²) in [4.78, 5) is 13.8. The molecule has 0 amide bonds. The number of hydrogen-bond donors (Lipinski definition) is 0. The second-order valence-corrected chi connectivity index (χ2v) is 3.93. The van der Waals surface area contributed by atoms with Crippen LogP contribution in [0, 0.1) is 0 Å². The van der Waals surface area contributed by atoms with E-state index in [0.29, 0.717) is 31.8 Å². The first-order valence-electron chi connectivity index (χ1n) is 5.42. The molecular formula is C11H17NO3. The summed E-state index contributed by atoms with van der Waals surface area (Å²) in [6, 6.07) is 0.129. The van der Waals surface area contributed by atoms with Gasteiger partial charge in [0.25, 0.3) is 0 Å². The minimum atomic E-state index is -0.152. The van der Waals surface area contributed by atoms with Crippen molar-refractivity contribution in [3.63, 3.8) is 0 Å². The largest absolute Gasteiger partial charge is 0.350 e. The minimum Gasteiger partial charge on any atom is -0.350 e. The average Bonchev–Trinajstić information content (AvgIpc) is 2.80. The molecule has 84 valence electrons. The number of hydrogen-bond acceptors (Lipinski definition) is 4. The summed E-state index contributed by atoms with van der Waals surface area (Å²) in [6.45, 7) is 6.66. The highest BCUT2D eigenvalue weighted by Crippen LogP contribution is 2.21. The van der Waals surface area contributed by atoms with Crippen LogP contribution in [0.3, 0.4) is 0 Å². The zero-order chi connectivity index (χ0) is 10.7. The number of nitrogens with zero attached hydrogens (tertiary/aromatic N) is 1. The van der Waals surface area contributed by atoms with E-state index >= 15 is 0 Å². The van der Waals surface area contributed by atoms with Crippen LogP contribution >= 0.6 is 0 Å². The molecule has 0 bridgehead atoms. The predicted octanol–water partition coefficient (Wildman–Crippen LogP) is 0.579. The van der Waals surface area contributed by atoms with Crippen molar-refractivity contribution < 1.29 is 14.3 Å². The van der Waals surface area contributed by atoms with Gasteiger partial charge < -0.3 is 9.47 Å². The molecule has 0 N–H and O–H groups in total. The molecule has 0 aromatic heterocycles. The highest BCUT2D eigenvalue weighted by molar-refractivity contribution is 5.86. The Morgan fingerprint density at radius 3 is 2.87 bits per heavy atom. The van der Waals surface area contributed by atoms with Gasteiger partial charge in [-0.05, 0) is 0 Å². The van der Waals surface area contributed by atoms with E-state index in [0.717, 1.165) is 13.1 Å². The fraction of sp³-hybridized carbons (Fsp3) is 0.727. The SMILES string of the molecule is C=CCN1CC1C(=O)CCC1OCCO1. The predicted molar refractivity (Wildman–Crippen MR) is 55.5 cm³/mol. The van der Waals surface area contributed by atoms with Gasteiger partial charge >= 0.3 is 0 Å². The van der Waals surface area contributed by atoms with Gasteiger partial charge in [-0.3, -0.25) is 9.69 Å². The summed E-state index contributed by atoms with van der Waals surface area (Å²) < 4.78 is 10.5. The van der Waals surface area contributed by atoms with E-state index in [1.807, 2.05) is 6.08 Å². The van der Waals surface area contributed by atoms with Gasteiger partial charge in [-0.25, -0.2) is 0 Å². The molecule has 2 unspecified atom stereocenters. The Balaban J connectivity index is 1.63. The average molecular weight is 211 g/mol. The maximum atomic E-state index is 11.7. The normalized spacial score (nSPS) is 30.4. The van der Waals surface area contributed by atoms with Gasteiger partial charge in [0.2, 0.25) is 0 Å². The second kappa shape index (κ2) is 4.88. The molecule has 2 saturated heterocycles. The van der Waals surface area contributed by atoms with Crippen molar-refractivity contribution in [3.05, 3.63) is 12.7 Å². The number of Topliss-reactive ketones (excluding diaryl/α,β-unsaturated/α-hetero) is 1. The number of carbonyl (C=O) groups excluding carboxylic acids is 1. The molecule has 0 spiro atoms. The Labute approximate surface area is 89.8 Å². The van der Waals surface area contributed by atoms with E-state index in [-0.39, 0.29) is 12.3 Å². The lowest BCUT2D eigenvalue weighted by atomic mass is 10.1. The molecule has 4 nitrogen and oxygen atoms in total. The Morgan fingerprint density at radius 1 is 1.47 bits per heavy atom. The number of ketones is 1. The zero-order valence-electron chi connectivity index (χ0n) is 8.85. The molecular weight excluding hydrogens is 194 g/mol. The third kappa shape index (κ3) is 2.87. The van der Waals surface area contributed by atoms with Crippen LogP contribution in [0.25, 0.3) is 0 Å². The van der Waals surface area contributed by atoms with Crippen molar-refractivity contribution in [1.29, 1.82) is 0 Å². The van der Waals surface area contributed by atoms with E-state index in [1.165, 1.54) is 0 Å². The first-order valence-corrected chi connectivity index (χ1v) is 5.42. The van der Waals surface area contributed by atoms with Crippen LogP contribution in [0.4, 0.5) is 0 Å². The molecule has 0 radical (unpaired) electrons. The van der Waals surface area contributed by atoms with Gasteiger partial charge in [-0.1, -0.05) is 6.08 Å². The Kier molecular flexibility index (Phi) is 3.51. The summed E-state index contributed by atoms with van der Waals surface area (Å²) in [7, 11) is 0. The van der Waals surface area contributed by atoms with Crippen molar-refractivity contribution in [1.82, 2.24) is 4.90 Å². The van der Waals surface area contributed by atoms with Gasteiger partial charge in [0, 0.05) is 25.9 Å². The van der Waals surface area contributed by atoms with E-state index in [2.05, 4.69) is 11.5 Å². The summed E-state index contributed by atoms with van der Waals surface area (Å²) in [5, 5.41) is 0. The quantitative estimate of drug-likeness (QED) is 0.476. The van der Waals surface area contributed by atoms with E-state index in [1.54, 1.807) is 0 Å². The minimum absolute atomic E-state index is 0.129. The van der Waals surface area contributed by atoms with Gasteiger partial charge in [0.05, 0.1) is 19.3 Å². The number of carbonyl (C=O) groups is 1. The fourth-order valence-electron chi connectivity index (χ4n) is 1.85. The van der Waals surface area contributed by atoms with Gasteiger partial charge in [-0.15, -0.1) is 6.58 Å². The third-order valence-corrected chi connectivity index (χ3v) is 2.77. The van der Waals surface area contributed by atoms with Crippen molar-refractivity contribution in [2.24, 2.45) is 0 Å². The molecule has 0 aliphatic carbocycles. The van der Waals surface area contributed by atoms with Crippen LogP contribution < -0.4 is 0 Å². The second-order valence-electron chi connectivity index (χ2n) is 3.93. The molecule has 2 fully saturated rings. The molecule has 4 heteroatoms. The summed E-state index contributed by atoms with van der Waals surface area (Å²) in [5.41, 5.74) is 0. The standard InChI is InChI=1S/C11H17NO3/c1-2-5-12-8-9(12)10(13)3-4-11-14-6-7-15-11/h2,9,11H,1,3-8H2. The summed E-state index contributed by atoms with van der Waals surface area (Å²) in [6.07, 6.45) is 2.93. The molecule has 2 atom stereocenters. The first-order chi connectivity index (χ1) is 7.31. The topological polar surface area (TPSA) is 38.5 Å². The smallest absolute Gasteiger partial charge is 0.158 e. The first kappa shape index (κ1) is 10.8. The van der Waals surface area contributed by atoms with Crippen molar-refractivity contribution in [2.75, 3.05) is 26.3 Å². The molecule has 15 heavy (non-hydrogen) atoms. The van der Waals surface area contributed by atoms with Gasteiger partial charge in [0.15, 0.2) is 12.1 Å². The highest BCUT2D eigenvalue weighted by atomic mass is 16.7. The molecule has 2 heterocycles. The Bertz CT molecular complexity index is 248. The Morgan fingerprint density at radius 2 is 2.20 bits per heavy atom. The van der Waals surface area contributed by atoms with Crippen molar-refractivity contribution in [3.8, 4) is 0 Å². The molecule has 2 aliphatic rings. The van der Waals surface area contributed by atoms with Gasteiger partial charge in [-0.2, -0.15) is 0 Å². The van der Waals surface area contributed by atoms with Gasteiger partial charge in [0.1, 0.15) is 0 Å². The fourth-order valence-corrected chi connectivity index (χ4v) is 1.85. The third-order valence-electron chi connectivity index (χ3n) is 2.77. The molecule has 0 aromatic carbocycles. The van der Waals surface area contributed by atoms with Crippen LogP contribution in [0.2, 0.25) is 0 Å². The lowest BCUT2D eigenvalue weighted by Crippen LogP contribution is -2.16. The van der Waals surface area contributed by atoms with Crippen LogP contribution in [0.5, 0.6) is 0 Å². The molecule has 0 aromatic rings. The van der Waals surface area contributed by atoms with Crippen LogP contribution in [0.1, 0.15) is 12.8 Å². The maximum Gasteiger partial charge on any atom is 0.158 e. The van der Waals surface area contributed by atoms with E-state index < -0.39 is 0 Å². The molecule has 2 rings (SSSR count). The Hall–Kier alpha value is -0.710. The van der Waals surface area contributed by atoms with Crippen LogP contribution in [0.15, 0.2) is 12.7 Å². The lowest BCUT2D eigenvalue weighted by molar-refractivity contribution is -0.121. The summed E-state index contributed by atoms with van der Waals surface area (Å²) >= 11 is 0. The van der Waals surface area contributed by atoms with E-state index in [4.69, 9.17) is 9.47 Å². The number of rotatable bonds is 6. The lowest BCUT2D eigenvalue weighted by Gasteiger charge is -2.07. The molecule has 2 aliphatic heterocycles. The number of ether oxygens (including phenoxy) is 2. The highest BCUT2D eigenvalue weighted by Gasteiger charge is 2.38. The van der Waals surface area contributed by atoms with Crippen molar-refractivity contribution in [2.45, 2.75) is 25.2 Å². The van der Waals surface area contributed by atoms with Crippen LogP contribution in [-0.2, 0) is 14.3 Å². The zero-order valence-corrected chi connectivity index (χ0v) is 8.85. The van der Waals surface area contributed by atoms with Crippen molar-refractivity contribution >= 4 is 5.78 Å². The molecule has 0 saturated carbocycles. The van der Waals surface area contributed by atoms with E-state index in [9.17, 15) is 4.79 Å². The maximum absolute atomic E-state index is 11.7. The van der Waals surface area contributed by atoms with Crippen LogP contribution in [-0.4, -0.2) is 49.3 Å². The monoisotopic (exact) mass is 211 g/mol. The summed E-state index contributed by atoms with van der Waals surface area (Å²) in [5.74, 6) is 0.302.